The Kier molecular flexibility index (Phi) is 9.38. The molecule has 0 aromatic rings. The molecule has 1 atom stereocenters. The Hall–Kier alpha value is -0.160. The van der Waals surface area contributed by atoms with E-state index >= 15 is 0 Å². The average Bonchev–Trinajstić information content (AvgIpc) is 2.53. The molecule has 1 N–H and O–H groups in total. The molecule has 0 amide bonds. The van der Waals surface area contributed by atoms with Crippen LogP contribution in [0.4, 0.5) is 0 Å². The minimum Gasteiger partial charge on any atom is -0.313 e. The fourth-order valence-electron chi connectivity index (χ4n) is 4.33. The highest BCUT2D eigenvalue weighted by Gasteiger charge is 2.48. The molecule has 1 heterocycles. The Bertz CT molecular complexity index is 353. The van der Waals surface area contributed by atoms with E-state index in [1.165, 1.54) is 32.1 Å². The lowest BCUT2D eigenvalue weighted by Crippen LogP contribution is -2.64. The number of rotatable bonds is 11. The van der Waals surface area contributed by atoms with Gasteiger partial charge in [0, 0.05) is 23.2 Å². The lowest BCUT2D eigenvalue weighted by atomic mass is 9.78. The minimum atomic E-state index is -0.0803. The lowest BCUT2D eigenvalue weighted by molar-refractivity contribution is -0.303. The van der Waals surface area contributed by atoms with Crippen molar-refractivity contribution < 1.29 is 10.0 Å². The van der Waals surface area contributed by atoms with Crippen molar-refractivity contribution in [2.24, 2.45) is 0 Å². The van der Waals surface area contributed by atoms with Crippen molar-refractivity contribution in [2.75, 3.05) is 6.61 Å². The van der Waals surface area contributed by atoms with Crippen LogP contribution in [0, 0.1) is 0 Å². The van der Waals surface area contributed by atoms with E-state index in [1.807, 2.05) is 0 Å². The predicted molar refractivity (Wildman–Crippen MR) is 106 cm³/mol. The Labute approximate surface area is 156 Å². The van der Waals surface area contributed by atoms with Crippen LogP contribution in [0.5, 0.6) is 0 Å². The molecule has 1 rings (SSSR count). The standard InChI is InChI=1S/C21H44N2O2/c1-8-10-11-12-13-14-15-25-23-20(4,5)16-19(17-21(23,6)7)22(24)18(3)9-2/h18-19,24H,8-17H2,1-7H3. The highest BCUT2D eigenvalue weighted by Crippen LogP contribution is 2.40. The number of hydroxylamine groups is 4. The Balaban J connectivity index is 2.55. The summed E-state index contributed by atoms with van der Waals surface area (Å²) in [5, 5.41) is 14.4. The van der Waals surface area contributed by atoms with Crippen LogP contribution in [-0.2, 0) is 4.84 Å². The molecule has 1 unspecified atom stereocenters. The number of unbranched alkanes of at least 4 members (excludes halogenated alkanes) is 5. The van der Waals surface area contributed by atoms with Crippen LogP contribution in [0.2, 0.25) is 0 Å². The predicted octanol–water partition coefficient (Wildman–Crippen LogP) is 5.79. The van der Waals surface area contributed by atoms with E-state index < -0.39 is 0 Å². The van der Waals surface area contributed by atoms with Gasteiger partial charge in [-0.25, -0.2) is 0 Å². The molecule has 0 spiro atoms. The fraction of sp³-hybridized carbons (Fsp3) is 1.00. The molecule has 4 heteroatoms. The second-order valence-electron chi connectivity index (χ2n) is 9.22. The number of hydrogen-bond donors (Lipinski definition) is 1. The van der Waals surface area contributed by atoms with Gasteiger partial charge < -0.3 is 5.21 Å². The molecule has 1 fully saturated rings. The fourth-order valence-corrected chi connectivity index (χ4v) is 4.33. The smallest absolute Gasteiger partial charge is 0.0685 e. The van der Waals surface area contributed by atoms with Crippen molar-refractivity contribution in [3.8, 4) is 0 Å². The SMILES string of the molecule is CCCCCCCCON1C(C)(C)CC(N(O)C(C)CC)CC1(C)C. The second-order valence-corrected chi connectivity index (χ2v) is 9.22. The van der Waals surface area contributed by atoms with Crippen LogP contribution in [0.25, 0.3) is 0 Å². The molecule has 1 saturated heterocycles. The van der Waals surface area contributed by atoms with Gasteiger partial charge in [0.1, 0.15) is 0 Å². The van der Waals surface area contributed by atoms with Gasteiger partial charge in [-0.1, -0.05) is 46.0 Å². The molecule has 25 heavy (non-hydrogen) atoms. The quantitative estimate of drug-likeness (QED) is 0.375. The molecule has 4 nitrogen and oxygen atoms in total. The highest BCUT2D eigenvalue weighted by molar-refractivity contribution is 4.99. The summed E-state index contributed by atoms with van der Waals surface area (Å²) in [6.45, 7) is 16.3. The molecular weight excluding hydrogens is 312 g/mol. The van der Waals surface area contributed by atoms with Crippen LogP contribution < -0.4 is 0 Å². The maximum Gasteiger partial charge on any atom is 0.0685 e. The normalized spacial score (nSPS) is 22.4. The van der Waals surface area contributed by atoms with E-state index in [0.717, 1.165) is 32.3 Å². The molecule has 0 aromatic heterocycles. The number of piperidine rings is 1. The topological polar surface area (TPSA) is 35.9 Å². The van der Waals surface area contributed by atoms with Crippen molar-refractivity contribution in [2.45, 2.75) is 129 Å². The summed E-state index contributed by atoms with van der Waals surface area (Å²) in [6.07, 6.45) is 10.5. The van der Waals surface area contributed by atoms with E-state index in [-0.39, 0.29) is 23.2 Å². The zero-order chi connectivity index (χ0) is 19.1. The zero-order valence-electron chi connectivity index (χ0n) is 18.0. The second kappa shape index (κ2) is 10.2. The molecule has 150 valence electrons. The summed E-state index contributed by atoms with van der Waals surface area (Å²) in [7, 11) is 0. The van der Waals surface area contributed by atoms with E-state index in [2.05, 4.69) is 53.5 Å². The van der Waals surface area contributed by atoms with Crippen LogP contribution >= 0.6 is 0 Å². The Morgan fingerprint density at radius 1 is 1.00 bits per heavy atom. The van der Waals surface area contributed by atoms with Crippen LogP contribution in [0.3, 0.4) is 0 Å². The lowest BCUT2D eigenvalue weighted by Gasteiger charge is -2.55. The highest BCUT2D eigenvalue weighted by atomic mass is 16.7. The van der Waals surface area contributed by atoms with Gasteiger partial charge in [0.15, 0.2) is 0 Å². The van der Waals surface area contributed by atoms with E-state index in [9.17, 15) is 5.21 Å². The molecular formula is C21H44N2O2. The Morgan fingerprint density at radius 3 is 2.04 bits per heavy atom. The zero-order valence-corrected chi connectivity index (χ0v) is 18.0. The first-order valence-electron chi connectivity index (χ1n) is 10.6. The van der Waals surface area contributed by atoms with Crippen LogP contribution in [0.15, 0.2) is 0 Å². The van der Waals surface area contributed by atoms with E-state index in [0.29, 0.717) is 0 Å². The first-order chi connectivity index (χ1) is 11.7. The average molecular weight is 357 g/mol. The van der Waals surface area contributed by atoms with Gasteiger partial charge in [0.05, 0.1) is 6.61 Å². The van der Waals surface area contributed by atoms with Crippen molar-refractivity contribution in [1.82, 2.24) is 10.1 Å². The molecule has 1 aliphatic rings. The summed E-state index contributed by atoms with van der Waals surface area (Å²) in [5.41, 5.74) is -0.161. The van der Waals surface area contributed by atoms with Gasteiger partial charge in [0.2, 0.25) is 0 Å². The number of hydrogen-bond acceptors (Lipinski definition) is 4. The number of nitrogens with zero attached hydrogens (tertiary/aromatic N) is 2. The third-order valence-corrected chi connectivity index (χ3v) is 5.70. The molecule has 1 aliphatic heterocycles. The maximum absolute atomic E-state index is 10.6. The Morgan fingerprint density at radius 2 is 1.52 bits per heavy atom. The third-order valence-electron chi connectivity index (χ3n) is 5.70. The monoisotopic (exact) mass is 356 g/mol. The molecule has 0 radical (unpaired) electrons. The van der Waals surface area contributed by atoms with Gasteiger partial charge in [-0.15, -0.1) is 0 Å². The van der Waals surface area contributed by atoms with Gasteiger partial charge >= 0.3 is 0 Å². The van der Waals surface area contributed by atoms with Gasteiger partial charge in [-0.05, 0) is 60.3 Å². The molecule has 0 saturated carbocycles. The molecule has 0 aromatic carbocycles. The van der Waals surface area contributed by atoms with Crippen LogP contribution in [0.1, 0.15) is 106 Å². The summed E-state index contributed by atoms with van der Waals surface area (Å²) in [4.78, 5) is 6.27. The molecule has 0 aliphatic carbocycles. The van der Waals surface area contributed by atoms with Crippen molar-refractivity contribution >= 4 is 0 Å². The summed E-state index contributed by atoms with van der Waals surface area (Å²) in [6, 6.07) is 0.390. The first-order valence-corrected chi connectivity index (χ1v) is 10.6. The van der Waals surface area contributed by atoms with Crippen LogP contribution in [-0.4, -0.2) is 45.1 Å². The summed E-state index contributed by atoms with van der Waals surface area (Å²) < 4.78 is 0. The largest absolute Gasteiger partial charge is 0.313 e. The minimum absolute atomic E-state index is 0.0803. The van der Waals surface area contributed by atoms with Crippen molar-refractivity contribution in [1.29, 1.82) is 0 Å². The summed E-state index contributed by atoms with van der Waals surface area (Å²) >= 11 is 0. The first kappa shape index (κ1) is 22.9. The molecule has 0 bridgehead atoms. The van der Waals surface area contributed by atoms with Gasteiger partial charge in [-0.3, -0.25) is 4.84 Å². The van der Waals surface area contributed by atoms with Crippen molar-refractivity contribution in [3.63, 3.8) is 0 Å². The van der Waals surface area contributed by atoms with Gasteiger partial charge in [0.25, 0.3) is 0 Å². The van der Waals surface area contributed by atoms with Crippen molar-refractivity contribution in [3.05, 3.63) is 0 Å². The van der Waals surface area contributed by atoms with E-state index in [4.69, 9.17) is 4.84 Å². The third kappa shape index (κ3) is 6.82. The summed E-state index contributed by atoms with van der Waals surface area (Å²) in [5.74, 6) is 0. The maximum atomic E-state index is 10.6. The van der Waals surface area contributed by atoms with E-state index in [1.54, 1.807) is 5.06 Å². The van der Waals surface area contributed by atoms with Gasteiger partial charge in [-0.2, -0.15) is 10.1 Å².